The molecule has 0 atom stereocenters. The van der Waals surface area contributed by atoms with Crippen LogP contribution in [0, 0.1) is 0 Å². The molecule has 2 N–H and O–H groups in total. The van der Waals surface area contributed by atoms with Crippen molar-refractivity contribution in [2.45, 2.75) is 13.1 Å². The van der Waals surface area contributed by atoms with E-state index in [0.717, 1.165) is 18.2 Å². The second kappa shape index (κ2) is 8.45. The maximum Gasteiger partial charge on any atom is 0.418 e. The molecule has 0 heterocycles. The third kappa shape index (κ3) is 6.01. The van der Waals surface area contributed by atoms with Crippen LogP contribution in [-0.4, -0.2) is 11.8 Å². The summed E-state index contributed by atoms with van der Waals surface area (Å²) in [4.78, 5) is 23.0. The van der Waals surface area contributed by atoms with E-state index in [1.807, 2.05) is 0 Å². The van der Waals surface area contributed by atoms with E-state index in [1.54, 1.807) is 6.07 Å². The molecule has 2 rings (SSSR count). The van der Waals surface area contributed by atoms with Crippen LogP contribution in [0.4, 0.5) is 24.5 Å². The Labute approximate surface area is 163 Å². The molecule has 0 aliphatic heterocycles. The van der Waals surface area contributed by atoms with Gasteiger partial charge in [0, 0.05) is 18.7 Å². The van der Waals surface area contributed by atoms with Crippen LogP contribution < -0.4 is 10.6 Å². The molecule has 0 radical (unpaired) electrons. The Bertz CT molecular complexity index is 912. The molecule has 2 amide bonds. The van der Waals surface area contributed by atoms with Gasteiger partial charge in [-0.25, -0.2) is 0 Å². The molecule has 0 bridgehead atoms. The van der Waals surface area contributed by atoms with Crippen molar-refractivity contribution in [1.29, 1.82) is 0 Å². The van der Waals surface area contributed by atoms with Crippen molar-refractivity contribution < 1.29 is 22.8 Å². The Balaban J connectivity index is 2.22. The molecular formula is C18H13Cl2F3N2O2. The average Bonchev–Trinajstić information content (AvgIpc) is 2.56. The van der Waals surface area contributed by atoms with Crippen molar-refractivity contribution >= 4 is 52.5 Å². The fourth-order valence-electron chi connectivity index (χ4n) is 2.13. The van der Waals surface area contributed by atoms with Gasteiger partial charge in [-0.05, 0) is 42.0 Å². The van der Waals surface area contributed by atoms with Crippen molar-refractivity contribution in [3.63, 3.8) is 0 Å². The van der Waals surface area contributed by atoms with E-state index in [2.05, 4.69) is 10.6 Å². The number of anilines is 2. The highest BCUT2D eigenvalue weighted by Gasteiger charge is 2.34. The Morgan fingerprint density at radius 3 is 2.30 bits per heavy atom. The molecule has 0 aromatic heterocycles. The summed E-state index contributed by atoms with van der Waals surface area (Å²) in [5, 5.41) is 5.07. The molecule has 2 aromatic carbocycles. The van der Waals surface area contributed by atoms with Crippen LogP contribution in [0.3, 0.4) is 0 Å². The van der Waals surface area contributed by atoms with E-state index in [-0.39, 0.29) is 10.7 Å². The Morgan fingerprint density at radius 2 is 1.70 bits per heavy atom. The summed E-state index contributed by atoms with van der Waals surface area (Å²) in [6, 6.07) is 7.72. The standard InChI is InChI=1S/C18H13Cl2F3N2O2/c1-10(26)24-12-4-6-16(13(9-12)18(21,22)23)25-17(27)7-3-11-2-5-14(19)15(20)8-11/h2-9H,1H3,(H,24,26)(H,25,27)/b7-3+. The minimum absolute atomic E-state index is 0.0285. The predicted molar refractivity (Wildman–Crippen MR) is 99.9 cm³/mol. The van der Waals surface area contributed by atoms with Crippen molar-refractivity contribution in [3.05, 3.63) is 63.6 Å². The van der Waals surface area contributed by atoms with Gasteiger partial charge >= 0.3 is 6.18 Å². The molecular weight excluding hydrogens is 404 g/mol. The topological polar surface area (TPSA) is 58.2 Å². The molecule has 142 valence electrons. The van der Waals surface area contributed by atoms with Crippen LogP contribution in [0.5, 0.6) is 0 Å². The smallest absolute Gasteiger partial charge is 0.326 e. The van der Waals surface area contributed by atoms with E-state index >= 15 is 0 Å². The molecule has 0 fully saturated rings. The second-order valence-corrected chi connectivity index (χ2v) is 6.25. The largest absolute Gasteiger partial charge is 0.418 e. The number of carbonyl (C=O) groups excluding carboxylic acids is 2. The average molecular weight is 417 g/mol. The Morgan fingerprint density at radius 1 is 1.00 bits per heavy atom. The maximum absolute atomic E-state index is 13.2. The number of carbonyl (C=O) groups is 2. The maximum atomic E-state index is 13.2. The third-order valence-electron chi connectivity index (χ3n) is 3.27. The highest BCUT2D eigenvalue weighted by Crippen LogP contribution is 2.36. The fraction of sp³-hybridized carbons (Fsp3) is 0.111. The van der Waals surface area contributed by atoms with Gasteiger partial charge in [0.05, 0.1) is 21.3 Å². The summed E-state index contributed by atoms with van der Waals surface area (Å²) >= 11 is 11.6. The number of alkyl halides is 3. The highest BCUT2D eigenvalue weighted by atomic mass is 35.5. The number of benzene rings is 2. The normalized spacial score (nSPS) is 11.5. The minimum atomic E-state index is -4.72. The molecule has 0 saturated heterocycles. The van der Waals surface area contributed by atoms with Crippen LogP contribution in [0.2, 0.25) is 10.0 Å². The van der Waals surface area contributed by atoms with E-state index in [1.165, 1.54) is 31.2 Å². The lowest BCUT2D eigenvalue weighted by Gasteiger charge is -2.15. The molecule has 2 aromatic rings. The Kier molecular flexibility index (Phi) is 6.51. The van der Waals surface area contributed by atoms with Crippen LogP contribution in [0.15, 0.2) is 42.5 Å². The number of hydrogen-bond acceptors (Lipinski definition) is 2. The molecule has 27 heavy (non-hydrogen) atoms. The molecule has 0 unspecified atom stereocenters. The van der Waals surface area contributed by atoms with Crippen LogP contribution in [0.1, 0.15) is 18.1 Å². The zero-order chi connectivity index (χ0) is 20.2. The predicted octanol–water partition coefficient (Wildman–Crippen LogP) is 5.62. The second-order valence-electron chi connectivity index (χ2n) is 5.44. The quantitative estimate of drug-likeness (QED) is 0.635. The van der Waals surface area contributed by atoms with E-state index in [0.29, 0.717) is 10.6 Å². The summed E-state index contributed by atoms with van der Waals surface area (Å²) in [6.07, 6.45) is -2.26. The van der Waals surface area contributed by atoms with Crippen LogP contribution in [0.25, 0.3) is 6.08 Å². The van der Waals surface area contributed by atoms with Gasteiger partial charge in [-0.1, -0.05) is 29.3 Å². The van der Waals surface area contributed by atoms with Crippen LogP contribution >= 0.6 is 23.2 Å². The van der Waals surface area contributed by atoms with Gasteiger partial charge in [-0.3, -0.25) is 9.59 Å². The van der Waals surface area contributed by atoms with Gasteiger partial charge < -0.3 is 10.6 Å². The fourth-order valence-corrected chi connectivity index (χ4v) is 2.44. The molecule has 9 heteroatoms. The van der Waals surface area contributed by atoms with E-state index < -0.39 is 29.2 Å². The van der Waals surface area contributed by atoms with Gasteiger partial charge in [0.2, 0.25) is 11.8 Å². The summed E-state index contributed by atoms with van der Waals surface area (Å²) < 4.78 is 39.7. The molecule has 0 aliphatic rings. The van der Waals surface area contributed by atoms with Gasteiger partial charge in [-0.2, -0.15) is 13.2 Å². The first kappa shape index (κ1) is 20.8. The zero-order valence-electron chi connectivity index (χ0n) is 13.8. The first-order valence-corrected chi connectivity index (χ1v) is 8.25. The monoisotopic (exact) mass is 416 g/mol. The third-order valence-corrected chi connectivity index (χ3v) is 4.01. The SMILES string of the molecule is CC(=O)Nc1ccc(NC(=O)/C=C/c2ccc(Cl)c(Cl)c2)c(C(F)(F)F)c1. The number of nitrogens with one attached hydrogen (secondary N) is 2. The van der Waals surface area contributed by atoms with E-state index in [9.17, 15) is 22.8 Å². The van der Waals surface area contributed by atoms with Crippen LogP contribution in [-0.2, 0) is 15.8 Å². The van der Waals surface area contributed by atoms with Crippen molar-refractivity contribution in [3.8, 4) is 0 Å². The van der Waals surface area contributed by atoms with Gasteiger partial charge in [-0.15, -0.1) is 0 Å². The molecule has 0 aliphatic carbocycles. The molecule has 0 saturated carbocycles. The summed E-state index contributed by atoms with van der Waals surface area (Å²) in [7, 11) is 0. The van der Waals surface area contributed by atoms with Gasteiger partial charge in [0.15, 0.2) is 0 Å². The first-order valence-electron chi connectivity index (χ1n) is 7.49. The minimum Gasteiger partial charge on any atom is -0.326 e. The first-order chi connectivity index (χ1) is 12.6. The lowest BCUT2D eigenvalue weighted by atomic mass is 10.1. The number of amides is 2. The van der Waals surface area contributed by atoms with Gasteiger partial charge in [0.1, 0.15) is 0 Å². The number of hydrogen-bond donors (Lipinski definition) is 2. The van der Waals surface area contributed by atoms with Crippen molar-refractivity contribution in [2.24, 2.45) is 0 Å². The molecule has 4 nitrogen and oxygen atoms in total. The zero-order valence-corrected chi connectivity index (χ0v) is 15.3. The van der Waals surface area contributed by atoms with Gasteiger partial charge in [0.25, 0.3) is 0 Å². The number of halogens is 5. The lowest BCUT2D eigenvalue weighted by molar-refractivity contribution is -0.137. The van der Waals surface area contributed by atoms with Crippen molar-refractivity contribution in [2.75, 3.05) is 10.6 Å². The number of rotatable bonds is 4. The summed E-state index contributed by atoms with van der Waals surface area (Å²) in [6.45, 7) is 1.18. The van der Waals surface area contributed by atoms with Crippen molar-refractivity contribution in [1.82, 2.24) is 0 Å². The lowest BCUT2D eigenvalue weighted by Crippen LogP contribution is -2.16. The summed E-state index contributed by atoms with van der Waals surface area (Å²) in [5.41, 5.74) is -0.985. The molecule has 0 spiro atoms. The highest BCUT2D eigenvalue weighted by molar-refractivity contribution is 6.42. The summed E-state index contributed by atoms with van der Waals surface area (Å²) in [5.74, 6) is -1.27. The van der Waals surface area contributed by atoms with E-state index in [4.69, 9.17) is 23.2 Å². The Hall–Kier alpha value is -2.51.